The number of ether oxygens (including phenoxy) is 1. The third kappa shape index (κ3) is 5.35. The molecule has 1 atom stereocenters. The maximum absolute atomic E-state index is 9.95. The van der Waals surface area contributed by atoms with Crippen LogP contribution in [0, 0.1) is 0 Å². The summed E-state index contributed by atoms with van der Waals surface area (Å²) in [6, 6.07) is 8.25. The van der Waals surface area contributed by atoms with E-state index in [1.54, 1.807) is 11.8 Å². The number of anilines is 1. The van der Waals surface area contributed by atoms with Crippen LogP contribution in [0.25, 0.3) is 0 Å². The van der Waals surface area contributed by atoms with E-state index in [-0.39, 0.29) is 0 Å². The highest BCUT2D eigenvalue weighted by Gasteiger charge is 2.15. The summed E-state index contributed by atoms with van der Waals surface area (Å²) in [6.45, 7) is 0.964. The van der Waals surface area contributed by atoms with E-state index in [2.05, 4.69) is 23.7 Å². The lowest BCUT2D eigenvalue weighted by molar-refractivity contribution is -0.0195. The van der Waals surface area contributed by atoms with E-state index in [0.29, 0.717) is 19.3 Å². The van der Waals surface area contributed by atoms with Gasteiger partial charge in [-0.3, -0.25) is 0 Å². The van der Waals surface area contributed by atoms with Crippen LogP contribution in [0.15, 0.2) is 29.2 Å². The average molecular weight is 295 g/mol. The molecule has 0 saturated heterocycles. The van der Waals surface area contributed by atoms with Gasteiger partial charge in [-0.25, -0.2) is 0 Å². The summed E-state index contributed by atoms with van der Waals surface area (Å²) in [5, 5.41) is 13.2. The maximum Gasteiger partial charge on any atom is 0.0945 e. The number of hydrogen-bond donors (Lipinski definition) is 2. The molecule has 1 fully saturated rings. The molecule has 0 heterocycles. The van der Waals surface area contributed by atoms with Crippen molar-refractivity contribution in [3.05, 3.63) is 24.3 Å². The molecule has 2 N–H and O–H groups in total. The lowest BCUT2D eigenvalue weighted by Crippen LogP contribution is -2.28. The van der Waals surface area contributed by atoms with Crippen LogP contribution in [-0.2, 0) is 4.74 Å². The molecule has 0 spiro atoms. The Morgan fingerprint density at radius 3 is 2.60 bits per heavy atom. The third-order valence-electron chi connectivity index (χ3n) is 3.71. The summed E-state index contributed by atoms with van der Waals surface area (Å²) in [6.07, 6.45) is 8.13. The van der Waals surface area contributed by atoms with Gasteiger partial charge in [0.05, 0.1) is 18.8 Å². The smallest absolute Gasteiger partial charge is 0.0945 e. The predicted molar refractivity (Wildman–Crippen MR) is 85.5 cm³/mol. The second kappa shape index (κ2) is 8.55. The first-order chi connectivity index (χ1) is 9.78. The molecule has 4 heteroatoms. The molecular formula is C16H25NO2S. The average Bonchev–Trinajstić information content (AvgIpc) is 2.52. The SMILES string of the molecule is CSc1ccc(NCC(O)COC2CCCCC2)cc1. The van der Waals surface area contributed by atoms with Crippen LogP contribution >= 0.6 is 11.8 Å². The number of aliphatic hydroxyl groups excluding tert-OH is 1. The second-order valence-electron chi connectivity index (χ2n) is 5.36. The van der Waals surface area contributed by atoms with Gasteiger partial charge < -0.3 is 15.2 Å². The third-order valence-corrected chi connectivity index (χ3v) is 4.45. The van der Waals surface area contributed by atoms with Gasteiger partial charge in [0.15, 0.2) is 0 Å². The van der Waals surface area contributed by atoms with Crippen molar-refractivity contribution in [2.75, 3.05) is 24.7 Å². The zero-order valence-electron chi connectivity index (χ0n) is 12.2. The van der Waals surface area contributed by atoms with Gasteiger partial charge in [-0.05, 0) is 43.4 Å². The number of hydrogen-bond acceptors (Lipinski definition) is 4. The van der Waals surface area contributed by atoms with Crippen molar-refractivity contribution in [1.82, 2.24) is 0 Å². The van der Waals surface area contributed by atoms with E-state index in [1.165, 1.54) is 24.2 Å². The van der Waals surface area contributed by atoms with Gasteiger partial charge >= 0.3 is 0 Å². The van der Waals surface area contributed by atoms with E-state index in [4.69, 9.17) is 4.74 Å². The molecule has 1 aliphatic carbocycles. The molecule has 20 heavy (non-hydrogen) atoms. The van der Waals surface area contributed by atoms with E-state index in [0.717, 1.165) is 18.5 Å². The molecule has 0 radical (unpaired) electrons. The van der Waals surface area contributed by atoms with Crippen LogP contribution in [-0.4, -0.2) is 36.7 Å². The zero-order valence-corrected chi connectivity index (χ0v) is 13.0. The van der Waals surface area contributed by atoms with Crippen LogP contribution in [0.3, 0.4) is 0 Å². The Kier molecular flexibility index (Phi) is 6.70. The van der Waals surface area contributed by atoms with Crippen molar-refractivity contribution in [2.45, 2.75) is 49.2 Å². The molecule has 0 aliphatic heterocycles. The van der Waals surface area contributed by atoms with Crippen LogP contribution < -0.4 is 5.32 Å². The topological polar surface area (TPSA) is 41.5 Å². The summed E-state index contributed by atoms with van der Waals surface area (Å²) < 4.78 is 5.78. The van der Waals surface area contributed by atoms with Crippen LogP contribution in [0.1, 0.15) is 32.1 Å². The van der Waals surface area contributed by atoms with Crippen molar-refractivity contribution >= 4 is 17.4 Å². The summed E-state index contributed by atoms with van der Waals surface area (Å²) in [5.41, 5.74) is 1.04. The van der Waals surface area contributed by atoms with Crippen LogP contribution in [0.5, 0.6) is 0 Å². The molecule has 1 aromatic rings. The summed E-state index contributed by atoms with van der Waals surface area (Å²) in [7, 11) is 0. The van der Waals surface area contributed by atoms with Gasteiger partial charge in [-0.15, -0.1) is 11.8 Å². The fourth-order valence-electron chi connectivity index (χ4n) is 2.48. The minimum absolute atomic E-state index is 0.360. The lowest BCUT2D eigenvalue weighted by Gasteiger charge is -2.23. The summed E-state index contributed by atoms with van der Waals surface area (Å²) >= 11 is 1.73. The lowest BCUT2D eigenvalue weighted by atomic mass is 9.98. The van der Waals surface area contributed by atoms with Crippen LogP contribution in [0.2, 0.25) is 0 Å². The fraction of sp³-hybridized carbons (Fsp3) is 0.625. The Morgan fingerprint density at radius 1 is 1.25 bits per heavy atom. The molecule has 1 aliphatic rings. The van der Waals surface area contributed by atoms with E-state index in [9.17, 15) is 5.11 Å². The minimum atomic E-state index is -0.447. The first kappa shape index (κ1) is 15.7. The molecule has 1 saturated carbocycles. The number of thioether (sulfide) groups is 1. The molecule has 0 amide bonds. The van der Waals surface area contributed by atoms with Crippen molar-refractivity contribution in [2.24, 2.45) is 0 Å². The van der Waals surface area contributed by atoms with Gasteiger partial charge in [-0.1, -0.05) is 19.3 Å². The molecule has 1 aromatic carbocycles. The second-order valence-corrected chi connectivity index (χ2v) is 6.24. The molecule has 0 aromatic heterocycles. The Balaban J connectivity index is 1.64. The molecular weight excluding hydrogens is 270 g/mol. The quantitative estimate of drug-likeness (QED) is 0.755. The summed E-state index contributed by atoms with van der Waals surface area (Å²) in [5.74, 6) is 0. The van der Waals surface area contributed by atoms with Crippen LogP contribution in [0.4, 0.5) is 5.69 Å². The van der Waals surface area contributed by atoms with E-state index >= 15 is 0 Å². The largest absolute Gasteiger partial charge is 0.389 e. The van der Waals surface area contributed by atoms with Crippen molar-refractivity contribution in [3.63, 3.8) is 0 Å². The standard InChI is InChI=1S/C16H25NO2S/c1-20-16-9-7-13(8-10-16)17-11-14(18)12-19-15-5-3-2-4-6-15/h7-10,14-15,17-18H,2-6,11-12H2,1H3. The van der Waals surface area contributed by atoms with Crippen molar-refractivity contribution < 1.29 is 9.84 Å². The Morgan fingerprint density at radius 2 is 1.95 bits per heavy atom. The molecule has 2 rings (SSSR count). The normalized spacial score (nSPS) is 17.9. The van der Waals surface area contributed by atoms with Gasteiger partial charge in [0.25, 0.3) is 0 Å². The number of benzene rings is 1. The molecule has 1 unspecified atom stereocenters. The number of nitrogens with one attached hydrogen (secondary N) is 1. The molecule has 3 nitrogen and oxygen atoms in total. The fourth-order valence-corrected chi connectivity index (χ4v) is 2.89. The van der Waals surface area contributed by atoms with Gasteiger partial charge in [0, 0.05) is 17.1 Å². The van der Waals surface area contributed by atoms with E-state index < -0.39 is 6.10 Å². The Hall–Kier alpha value is -0.710. The summed E-state index contributed by atoms with van der Waals surface area (Å²) in [4.78, 5) is 1.25. The number of aliphatic hydroxyl groups is 1. The monoisotopic (exact) mass is 295 g/mol. The molecule has 0 bridgehead atoms. The zero-order chi connectivity index (χ0) is 14.2. The maximum atomic E-state index is 9.95. The van der Waals surface area contributed by atoms with Gasteiger partial charge in [0.2, 0.25) is 0 Å². The first-order valence-corrected chi connectivity index (χ1v) is 8.68. The Labute approximate surface area is 126 Å². The Bertz CT molecular complexity index is 377. The first-order valence-electron chi connectivity index (χ1n) is 7.45. The number of rotatable bonds is 7. The van der Waals surface area contributed by atoms with E-state index in [1.807, 2.05) is 12.1 Å². The van der Waals surface area contributed by atoms with Gasteiger partial charge in [0.1, 0.15) is 0 Å². The highest BCUT2D eigenvalue weighted by Crippen LogP contribution is 2.20. The highest BCUT2D eigenvalue weighted by atomic mass is 32.2. The van der Waals surface area contributed by atoms with Crippen molar-refractivity contribution in [1.29, 1.82) is 0 Å². The highest BCUT2D eigenvalue weighted by molar-refractivity contribution is 7.98. The predicted octanol–water partition coefficient (Wildman–Crippen LogP) is 3.53. The minimum Gasteiger partial charge on any atom is -0.389 e. The molecule has 112 valence electrons. The van der Waals surface area contributed by atoms with Crippen molar-refractivity contribution in [3.8, 4) is 0 Å². The van der Waals surface area contributed by atoms with Gasteiger partial charge in [-0.2, -0.15) is 0 Å².